The summed E-state index contributed by atoms with van der Waals surface area (Å²) in [4.78, 5) is 15.6. The van der Waals surface area contributed by atoms with Crippen LogP contribution in [-0.4, -0.2) is 4.98 Å². The average Bonchev–Trinajstić information content (AvgIpc) is 2.41. The molecule has 0 saturated heterocycles. The summed E-state index contributed by atoms with van der Waals surface area (Å²) in [5.74, 6) is 0.330. The van der Waals surface area contributed by atoms with Crippen molar-refractivity contribution in [1.82, 2.24) is 4.98 Å². The highest BCUT2D eigenvalue weighted by molar-refractivity contribution is 6.35. The van der Waals surface area contributed by atoms with Crippen LogP contribution >= 0.6 is 11.6 Å². The molecule has 3 N–H and O–H groups in total. The summed E-state index contributed by atoms with van der Waals surface area (Å²) in [5, 5.41) is 1.03. The first-order valence-electron chi connectivity index (χ1n) is 5.84. The zero-order valence-electron chi connectivity index (χ0n) is 9.98. The van der Waals surface area contributed by atoms with Gasteiger partial charge in [-0.3, -0.25) is 4.79 Å². The first-order valence-corrected chi connectivity index (χ1v) is 6.21. The number of fused-ring (bicyclic) bond motifs is 1. The number of benzene rings is 2. The first kappa shape index (κ1) is 11.8. The lowest BCUT2D eigenvalue weighted by molar-refractivity contribution is 1.39. The molecule has 1 aromatic heterocycles. The van der Waals surface area contributed by atoms with E-state index in [1.807, 2.05) is 30.3 Å². The second kappa shape index (κ2) is 4.44. The van der Waals surface area contributed by atoms with E-state index in [9.17, 15) is 4.79 Å². The lowest BCUT2D eigenvalue weighted by Crippen LogP contribution is -2.11. The Bertz CT molecular complexity index is 809. The molecule has 0 atom stereocenters. The topological polar surface area (TPSA) is 58.9 Å². The summed E-state index contributed by atoms with van der Waals surface area (Å²) in [5.41, 5.74) is 7.71. The van der Waals surface area contributed by atoms with E-state index in [1.165, 1.54) is 0 Å². The smallest absolute Gasteiger partial charge is 0.199 e. The van der Waals surface area contributed by atoms with Gasteiger partial charge in [-0.2, -0.15) is 0 Å². The van der Waals surface area contributed by atoms with Crippen LogP contribution in [0.1, 0.15) is 0 Å². The largest absolute Gasteiger partial charge is 0.385 e. The molecule has 94 valence electrons. The van der Waals surface area contributed by atoms with Crippen LogP contribution in [0, 0.1) is 0 Å². The Hall–Kier alpha value is -2.26. The van der Waals surface area contributed by atoms with Crippen molar-refractivity contribution >= 4 is 28.3 Å². The molecule has 3 rings (SSSR count). The zero-order chi connectivity index (χ0) is 13.4. The minimum atomic E-state index is -0.111. The van der Waals surface area contributed by atoms with Crippen LogP contribution in [0.2, 0.25) is 5.02 Å². The SMILES string of the molecule is Nc1[nH]c2c(Cl)cccc2c(=O)c1-c1ccccc1. The van der Waals surface area contributed by atoms with Crippen LogP contribution in [0.25, 0.3) is 22.0 Å². The highest BCUT2D eigenvalue weighted by Gasteiger charge is 2.12. The maximum atomic E-state index is 12.5. The Morgan fingerprint density at radius 1 is 1.00 bits per heavy atom. The Balaban J connectivity index is 2.43. The van der Waals surface area contributed by atoms with Crippen LogP contribution in [0.5, 0.6) is 0 Å². The zero-order valence-corrected chi connectivity index (χ0v) is 10.7. The normalized spacial score (nSPS) is 10.8. The van der Waals surface area contributed by atoms with Crippen LogP contribution in [0.4, 0.5) is 5.82 Å². The highest BCUT2D eigenvalue weighted by Crippen LogP contribution is 2.26. The molecule has 0 unspecified atom stereocenters. The third kappa shape index (κ3) is 1.88. The molecule has 0 aliphatic rings. The number of pyridine rings is 1. The van der Waals surface area contributed by atoms with Gasteiger partial charge in [-0.05, 0) is 17.7 Å². The van der Waals surface area contributed by atoms with E-state index in [-0.39, 0.29) is 5.43 Å². The van der Waals surface area contributed by atoms with E-state index < -0.39 is 0 Å². The van der Waals surface area contributed by atoms with Crippen molar-refractivity contribution in [2.24, 2.45) is 0 Å². The number of hydrogen-bond donors (Lipinski definition) is 2. The fourth-order valence-corrected chi connectivity index (χ4v) is 2.41. The standard InChI is InChI=1S/C15H11ClN2O/c16-11-8-4-7-10-13(11)18-15(17)12(14(10)19)9-5-2-1-3-6-9/h1-8H,(H3,17,18,19). The molecule has 0 fully saturated rings. The lowest BCUT2D eigenvalue weighted by Gasteiger charge is -2.08. The monoisotopic (exact) mass is 270 g/mol. The maximum absolute atomic E-state index is 12.5. The van der Waals surface area contributed by atoms with Crippen molar-refractivity contribution < 1.29 is 0 Å². The molecule has 0 spiro atoms. The Morgan fingerprint density at radius 3 is 2.47 bits per heavy atom. The number of halogens is 1. The third-order valence-electron chi connectivity index (χ3n) is 3.08. The minimum absolute atomic E-state index is 0.111. The van der Waals surface area contributed by atoms with Crippen molar-refractivity contribution in [2.45, 2.75) is 0 Å². The second-order valence-corrected chi connectivity index (χ2v) is 4.68. The summed E-state index contributed by atoms with van der Waals surface area (Å²) < 4.78 is 0. The van der Waals surface area contributed by atoms with Gasteiger partial charge in [0.1, 0.15) is 5.82 Å². The average molecular weight is 271 g/mol. The molecule has 0 radical (unpaired) electrons. The van der Waals surface area contributed by atoms with Gasteiger partial charge < -0.3 is 10.7 Å². The second-order valence-electron chi connectivity index (χ2n) is 4.27. The molecule has 0 aliphatic heterocycles. The lowest BCUT2D eigenvalue weighted by atomic mass is 10.0. The first-order chi connectivity index (χ1) is 9.18. The van der Waals surface area contributed by atoms with Gasteiger partial charge in [0.2, 0.25) is 0 Å². The van der Waals surface area contributed by atoms with E-state index >= 15 is 0 Å². The van der Waals surface area contributed by atoms with E-state index in [0.717, 1.165) is 5.56 Å². The van der Waals surface area contributed by atoms with Gasteiger partial charge >= 0.3 is 0 Å². The van der Waals surface area contributed by atoms with E-state index in [0.29, 0.717) is 27.3 Å². The van der Waals surface area contributed by atoms with Gasteiger partial charge in [-0.25, -0.2) is 0 Å². The summed E-state index contributed by atoms with van der Waals surface area (Å²) in [7, 11) is 0. The van der Waals surface area contributed by atoms with Crippen LogP contribution in [-0.2, 0) is 0 Å². The molecule has 0 aliphatic carbocycles. The number of aromatic amines is 1. The van der Waals surface area contributed by atoms with E-state index in [1.54, 1.807) is 18.2 Å². The number of nitrogen functional groups attached to an aromatic ring is 1. The van der Waals surface area contributed by atoms with Crippen molar-refractivity contribution in [1.29, 1.82) is 0 Å². The minimum Gasteiger partial charge on any atom is -0.385 e. The van der Waals surface area contributed by atoms with Crippen molar-refractivity contribution in [3.8, 4) is 11.1 Å². The quantitative estimate of drug-likeness (QED) is 0.712. The van der Waals surface area contributed by atoms with Gasteiger partial charge in [0, 0.05) is 5.39 Å². The molecule has 0 amide bonds. The van der Waals surface area contributed by atoms with Crippen molar-refractivity contribution in [3.63, 3.8) is 0 Å². The Kier molecular flexibility index (Phi) is 2.76. The highest BCUT2D eigenvalue weighted by atomic mass is 35.5. The summed E-state index contributed by atoms with van der Waals surface area (Å²) in [6.45, 7) is 0. The van der Waals surface area contributed by atoms with Crippen LogP contribution < -0.4 is 11.2 Å². The molecule has 4 heteroatoms. The Morgan fingerprint density at radius 2 is 1.74 bits per heavy atom. The molecule has 3 aromatic rings. The van der Waals surface area contributed by atoms with Crippen LogP contribution in [0.15, 0.2) is 53.3 Å². The number of H-pyrrole nitrogens is 1. The molecular formula is C15H11ClN2O. The number of aromatic nitrogens is 1. The van der Waals surface area contributed by atoms with Gasteiger partial charge in [0.25, 0.3) is 0 Å². The fourth-order valence-electron chi connectivity index (χ4n) is 2.19. The third-order valence-corrected chi connectivity index (χ3v) is 3.39. The predicted molar refractivity (Wildman–Crippen MR) is 79.4 cm³/mol. The molecule has 0 bridgehead atoms. The van der Waals surface area contributed by atoms with E-state index in [4.69, 9.17) is 17.3 Å². The van der Waals surface area contributed by atoms with Gasteiger partial charge in [0.15, 0.2) is 5.43 Å². The molecule has 2 aromatic carbocycles. The number of rotatable bonds is 1. The maximum Gasteiger partial charge on any atom is 0.199 e. The van der Waals surface area contributed by atoms with Crippen LogP contribution in [0.3, 0.4) is 0 Å². The number of nitrogens with one attached hydrogen (secondary N) is 1. The molecule has 0 saturated carbocycles. The summed E-state index contributed by atoms with van der Waals surface area (Å²) in [6, 6.07) is 14.6. The number of anilines is 1. The van der Waals surface area contributed by atoms with E-state index in [2.05, 4.69) is 4.98 Å². The number of para-hydroxylation sites is 1. The summed E-state index contributed by atoms with van der Waals surface area (Å²) >= 11 is 6.07. The molecular weight excluding hydrogens is 260 g/mol. The molecule has 19 heavy (non-hydrogen) atoms. The van der Waals surface area contributed by atoms with Gasteiger partial charge in [-0.15, -0.1) is 0 Å². The Labute approximate surface area is 114 Å². The summed E-state index contributed by atoms with van der Waals surface area (Å²) in [6.07, 6.45) is 0. The predicted octanol–water partition coefficient (Wildman–Crippen LogP) is 3.43. The van der Waals surface area contributed by atoms with Crippen molar-refractivity contribution in [3.05, 3.63) is 63.8 Å². The number of nitrogens with two attached hydrogens (primary N) is 1. The van der Waals surface area contributed by atoms with Crippen molar-refractivity contribution in [2.75, 3.05) is 5.73 Å². The molecule has 1 heterocycles. The number of hydrogen-bond acceptors (Lipinski definition) is 2. The van der Waals surface area contributed by atoms with Gasteiger partial charge in [-0.1, -0.05) is 48.0 Å². The molecule has 3 nitrogen and oxygen atoms in total. The fraction of sp³-hybridized carbons (Fsp3) is 0. The van der Waals surface area contributed by atoms with Gasteiger partial charge in [0.05, 0.1) is 16.1 Å².